The van der Waals surface area contributed by atoms with Gasteiger partial charge in [-0.25, -0.2) is 9.80 Å². The minimum Gasteiger partial charge on any atom is -0.380 e. The third kappa shape index (κ3) is 3.12. The molecule has 2 aromatic rings. The lowest BCUT2D eigenvalue weighted by molar-refractivity contribution is 0.153. The van der Waals surface area contributed by atoms with E-state index in [9.17, 15) is 9.59 Å². The first-order chi connectivity index (χ1) is 12.9. The Kier molecular flexibility index (Phi) is 5.31. The zero-order valence-corrected chi connectivity index (χ0v) is 16.5. The monoisotopic (exact) mass is 374 g/mol. The largest absolute Gasteiger partial charge is 0.380 e. The number of hydrogen-bond acceptors (Lipinski definition) is 6. The summed E-state index contributed by atoms with van der Waals surface area (Å²) in [5.41, 5.74) is 0.935. The number of anilines is 1. The molecule has 0 saturated heterocycles. The number of hydrazone groups is 1. The van der Waals surface area contributed by atoms with E-state index in [0.717, 1.165) is 5.71 Å². The van der Waals surface area contributed by atoms with Gasteiger partial charge in [-0.05, 0) is 27.7 Å². The molecule has 1 aliphatic rings. The fourth-order valence-corrected chi connectivity index (χ4v) is 3.20. The van der Waals surface area contributed by atoms with Gasteiger partial charge in [0.05, 0.1) is 24.9 Å². The summed E-state index contributed by atoms with van der Waals surface area (Å²) >= 11 is 0. The molecule has 9 nitrogen and oxygen atoms in total. The highest BCUT2D eigenvalue weighted by molar-refractivity contribution is 5.91. The van der Waals surface area contributed by atoms with Crippen LogP contribution in [0.25, 0.3) is 11.2 Å². The molecule has 0 bridgehead atoms. The number of imidazole rings is 1. The Hall–Kier alpha value is -2.68. The molecule has 3 rings (SSSR count). The van der Waals surface area contributed by atoms with Crippen LogP contribution in [-0.4, -0.2) is 44.2 Å². The lowest BCUT2D eigenvalue weighted by Crippen LogP contribution is -2.40. The quantitative estimate of drug-likeness (QED) is 0.561. The van der Waals surface area contributed by atoms with Gasteiger partial charge in [-0.1, -0.05) is 12.2 Å². The number of fused-ring (bicyclic) bond motifs is 3. The van der Waals surface area contributed by atoms with Gasteiger partial charge < -0.3 is 4.74 Å². The summed E-state index contributed by atoms with van der Waals surface area (Å²) in [5, 5.41) is 6.35. The number of aryl methyl sites for hydroxylation is 1. The van der Waals surface area contributed by atoms with Gasteiger partial charge in [0.15, 0.2) is 11.2 Å². The lowest BCUT2D eigenvalue weighted by Gasteiger charge is -2.29. The zero-order valence-electron chi connectivity index (χ0n) is 16.5. The summed E-state index contributed by atoms with van der Waals surface area (Å²) in [6.45, 7) is 9.55. The van der Waals surface area contributed by atoms with Crippen LogP contribution in [0, 0.1) is 0 Å². The fraction of sp³-hybridized carbons (Fsp3) is 0.556. The summed E-state index contributed by atoms with van der Waals surface area (Å²) in [7, 11) is 1.64. The summed E-state index contributed by atoms with van der Waals surface area (Å²) in [6.07, 6.45) is 3.60. The summed E-state index contributed by atoms with van der Waals surface area (Å²) in [4.78, 5) is 30.4. The van der Waals surface area contributed by atoms with Crippen LogP contribution in [0.4, 0.5) is 5.95 Å². The van der Waals surface area contributed by atoms with Crippen LogP contribution < -0.4 is 16.3 Å². The summed E-state index contributed by atoms with van der Waals surface area (Å²) in [6, 6.07) is -0.131. The maximum absolute atomic E-state index is 13.1. The Labute approximate surface area is 157 Å². The molecule has 2 aromatic heterocycles. The molecule has 0 aromatic carbocycles. The number of allylic oxidation sites excluding steroid dienone is 2. The van der Waals surface area contributed by atoms with Gasteiger partial charge in [-0.2, -0.15) is 10.1 Å². The van der Waals surface area contributed by atoms with Crippen LogP contribution in [-0.2, 0) is 18.3 Å². The molecule has 0 N–H and O–H groups in total. The molecule has 27 heavy (non-hydrogen) atoms. The first-order valence-electron chi connectivity index (χ1n) is 9.15. The van der Waals surface area contributed by atoms with Gasteiger partial charge in [0.2, 0.25) is 5.95 Å². The molecule has 1 atom stereocenters. The van der Waals surface area contributed by atoms with Gasteiger partial charge in [0.1, 0.15) is 0 Å². The first kappa shape index (κ1) is 19.1. The molecule has 3 heterocycles. The van der Waals surface area contributed by atoms with Crippen LogP contribution >= 0.6 is 0 Å². The molecule has 146 valence electrons. The molecule has 9 heteroatoms. The van der Waals surface area contributed by atoms with Gasteiger partial charge in [-0.3, -0.25) is 18.5 Å². The van der Waals surface area contributed by atoms with Gasteiger partial charge in [0.25, 0.3) is 5.56 Å². The summed E-state index contributed by atoms with van der Waals surface area (Å²) in [5.74, 6) is 0.554. The van der Waals surface area contributed by atoms with Crippen molar-refractivity contribution < 1.29 is 4.74 Å². The first-order valence-corrected chi connectivity index (χ1v) is 9.15. The highest BCUT2D eigenvalue weighted by Crippen LogP contribution is 2.29. The predicted molar refractivity (Wildman–Crippen MR) is 106 cm³/mol. The van der Waals surface area contributed by atoms with E-state index in [2.05, 4.69) is 10.1 Å². The van der Waals surface area contributed by atoms with Crippen molar-refractivity contribution in [3.05, 3.63) is 33.0 Å². The highest BCUT2D eigenvalue weighted by atomic mass is 16.5. The maximum Gasteiger partial charge on any atom is 0.332 e. The second kappa shape index (κ2) is 7.51. The van der Waals surface area contributed by atoms with E-state index in [-0.39, 0.29) is 23.8 Å². The normalized spacial score (nSPS) is 17.0. The van der Waals surface area contributed by atoms with E-state index in [1.165, 1.54) is 9.13 Å². The Bertz CT molecular complexity index is 1030. The smallest absolute Gasteiger partial charge is 0.332 e. The standard InChI is InChI=1S/C18H26N6O3/c1-6-8-9-22-16(25)14-15(21(5)18(22)26)19-17-23(10-11-27-7-2)20-12(3)13(4)24(14)17/h6,8,13H,7,9-11H2,1-5H3/b8-6+/t13-/m1/s1. The molecule has 0 aliphatic carbocycles. The number of nitrogens with zero attached hydrogens (tertiary/aromatic N) is 6. The molecular formula is C18H26N6O3. The molecule has 0 fully saturated rings. The fourth-order valence-electron chi connectivity index (χ4n) is 3.20. The summed E-state index contributed by atoms with van der Waals surface area (Å²) < 4.78 is 9.97. The van der Waals surface area contributed by atoms with Crippen molar-refractivity contribution in [2.45, 2.75) is 40.3 Å². The van der Waals surface area contributed by atoms with Crippen LogP contribution in [0.2, 0.25) is 0 Å². The lowest BCUT2D eigenvalue weighted by atomic mass is 10.2. The van der Waals surface area contributed by atoms with E-state index in [1.54, 1.807) is 18.1 Å². The number of rotatable bonds is 6. The van der Waals surface area contributed by atoms with Gasteiger partial charge in [-0.15, -0.1) is 0 Å². The van der Waals surface area contributed by atoms with Crippen LogP contribution in [0.1, 0.15) is 33.7 Å². The molecule has 0 saturated carbocycles. The SMILES string of the molecule is C/C=C/Cn1c(=O)c2c(nc3n2[C@H](C)C(C)=NN3CCOCC)n(C)c1=O. The van der Waals surface area contributed by atoms with Crippen molar-refractivity contribution >= 4 is 22.8 Å². The zero-order chi connectivity index (χ0) is 19.7. The second-order valence-electron chi connectivity index (χ2n) is 6.52. The topological polar surface area (TPSA) is 86.7 Å². The molecule has 0 radical (unpaired) electrons. The van der Waals surface area contributed by atoms with Gasteiger partial charge in [0, 0.05) is 20.2 Å². The third-order valence-electron chi connectivity index (χ3n) is 4.83. The van der Waals surface area contributed by atoms with E-state index >= 15 is 0 Å². The van der Waals surface area contributed by atoms with Crippen molar-refractivity contribution in [3.63, 3.8) is 0 Å². The maximum atomic E-state index is 13.1. The van der Waals surface area contributed by atoms with E-state index in [4.69, 9.17) is 4.74 Å². The Balaban J connectivity index is 2.25. The van der Waals surface area contributed by atoms with E-state index < -0.39 is 0 Å². The average Bonchev–Trinajstić information content (AvgIpc) is 3.05. The van der Waals surface area contributed by atoms with E-state index in [1.807, 2.05) is 38.3 Å². The van der Waals surface area contributed by atoms with Crippen LogP contribution in [0.3, 0.4) is 0 Å². The Morgan fingerprint density at radius 1 is 1.30 bits per heavy atom. The minimum absolute atomic E-state index is 0.131. The van der Waals surface area contributed by atoms with Crippen molar-refractivity contribution in [1.29, 1.82) is 0 Å². The number of ether oxygens (including phenoxy) is 1. The van der Waals surface area contributed by atoms with Crippen molar-refractivity contribution in [2.75, 3.05) is 24.8 Å². The Morgan fingerprint density at radius 3 is 2.70 bits per heavy atom. The second-order valence-corrected chi connectivity index (χ2v) is 6.52. The number of hydrogen-bond donors (Lipinski definition) is 0. The highest BCUT2D eigenvalue weighted by Gasteiger charge is 2.30. The van der Waals surface area contributed by atoms with Crippen LogP contribution in [0.15, 0.2) is 26.8 Å². The van der Waals surface area contributed by atoms with Gasteiger partial charge >= 0.3 is 5.69 Å². The number of aromatic nitrogens is 4. The Morgan fingerprint density at radius 2 is 2.04 bits per heavy atom. The molecule has 0 amide bonds. The predicted octanol–water partition coefficient (Wildman–Crippen LogP) is 1.27. The molecule has 0 spiro atoms. The minimum atomic E-state index is -0.382. The van der Waals surface area contributed by atoms with Crippen molar-refractivity contribution in [2.24, 2.45) is 12.1 Å². The van der Waals surface area contributed by atoms with Crippen molar-refractivity contribution in [3.8, 4) is 0 Å². The van der Waals surface area contributed by atoms with Crippen molar-refractivity contribution in [1.82, 2.24) is 18.7 Å². The molecule has 0 unspecified atom stereocenters. The molecule has 1 aliphatic heterocycles. The third-order valence-corrected chi connectivity index (χ3v) is 4.83. The molecular weight excluding hydrogens is 348 g/mol. The average molecular weight is 374 g/mol. The van der Waals surface area contributed by atoms with Crippen LogP contribution in [0.5, 0.6) is 0 Å². The van der Waals surface area contributed by atoms with E-state index in [0.29, 0.717) is 36.9 Å².